The minimum atomic E-state index is -0.573. The Morgan fingerprint density at radius 2 is 2.25 bits per heavy atom. The van der Waals surface area contributed by atoms with E-state index >= 15 is 0 Å². The third-order valence-corrected chi connectivity index (χ3v) is 2.09. The number of nitrogens with zero attached hydrogens (tertiary/aromatic N) is 3. The van der Waals surface area contributed by atoms with Crippen molar-refractivity contribution in [1.29, 1.82) is 0 Å². The Labute approximate surface area is 95.2 Å². The smallest absolute Gasteiger partial charge is 0.111 e. The van der Waals surface area contributed by atoms with Crippen molar-refractivity contribution in [2.75, 3.05) is 26.9 Å². The summed E-state index contributed by atoms with van der Waals surface area (Å²) in [4.78, 5) is 0. The molecule has 0 aromatic carbocycles. The molecule has 1 N–H and O–H groups in total. The molecule has 0 saturated carbocycles. The van der Waals surface area contributed by atoms with Crippen LogP contribution in [0.5, 0.6) is 0 Å². The van der Waals surface area contributed by atoms with Crippen LogP contribution in [-0.2, 0) is 16.0 Å². The van der Waals surface area contributed by atoms with E-state index in [-0.39, 0.29) is 0 Å². The predicted molar refractivity (Wildman–Crippen MR) is 58.0 cm³/mol. The highest BCUT2D eigenvalue weighted by Crippen LogP contribution is 2.05. The summed E-state index contributed by atoms with van der Waals surface area (Å²) in [5.74, 6) is 0. The maximum atomic E-state index is 9.24. The minimum Gasteiger partial charge on any atom is -0.387 e. The van der Waals surface area contributed by atoms with Gasteiger partial charge >= 0.3 is 0 Å². The van der Waals surface area contributed by atoms with Crippen LogP contribution in [0, 0.1) is 0 Å². The molecule has 0 amide bonds. The molecule has 0 fully saturated rings. The van der Waals surface area contributed by atoms with Gasteiger partial charge in [-0.15, -0.1) is 5.10 Å². The van der Waals surface area contributed by atoms with E-state index in [2.05, 4.69) is 10.3 Å². The zero-order valence-electron chi connectivity index (χ0n) is 9.80. The molecule has 6 nitrogen and oxygen atoms in total. The molecule has 1 atom stereocenters. The van der Waals surface area contributed by atoms with Crippen molar-refractivity contribution in [2.24, 2.45) is 0 Å². The largest absolute Gasteiger partial charge is 0.387 e. The topological polar surface area (TPSA) is 69.4 Å². The van der Waals surface area contributed by atoms with E-state index in [1.807, 2.05) is 0 Å². The van der Waals surface area contributed by atoms with Gasteiger partial charge in [0.15, 0.2) is 0 Å². The van der Waals surface area contributed by atoms with Gasteiger partial charge in [0.1, 0.15) is 5.69 Å². The quantitative estimate of drug-likeness (QED) is 0.653. The first-order valence-electron chi connectivity index (χ1n) is 5.39. The lowest BCUT2D eigenvalue weighted by molar-refractivity contribution is 0.0958. The average molecular weight is 229 g/mol. The fourth-order valence-electron chi connectivity index (χ4n) is 1.18. The highest BCUT2D eigenvalue weighted by Gasteiger charge is 2.05. The molecule has 1 aromatic rings. The second-order valence-corrected chi connectivity index (χ2v) is 3.54. The molecule has 0 aliphatic rings. The summed E-state index contributed by atoms with van der Waals surface area (Å²) in [5.41, 5.74) is 0.583. The highest BCUT2D eigenvalue weighted by molar-refractivity contribution is 4.95. The van der Waals surface area contributed by atoms with Crippen molar-refractivity contribution in [3.63, 3.8) is 0 Å². The maximum absolute atomic E-state index is 9.24. The zero-order valence-corrected chi connectivity index (χ0v) is 9.80. The Hall–Kier alpha value is -0.980. The van der Waals surface area contributed by atoms with Crippen LogP contribution in [0.2, 0.25) is 0 Å². The molecule has 0 aliphatic carbocycles. The number of aliphatic hydroxyl groups excluding tert-OH is 1. The van der Waals surface area contributed by atoms with Crippen molar-refractivity contribution < 1.29 is 14.6 Å². The highest BCUT2D eigenvalue weighted by atomic mass is 16.5. The molecule has 0 saturated heterocycles. The van der Waals surface area contributed by atoms with Crippen LogP contribution < -0.4 is 0 Å². The predicted octanol–water partition coefficient (Wildman–Crippen LogP) is 0.384. The second kappa shape index (κ2) is 7.32. The summed E-state index contributed by atoms with van der Waals surface area (Å²) in [6.07, 6.45) is 2.05. The van der Waals surface area contributed by atoms with E-state index in [1.165, 1.54) is 0 Å². The molecule has 0 aliphatic heterocycles. The maximum Gasteiger partial charge on any atom is 0.111 e. The lowest BCUT2D eigenvalue weighted by Crippen LogP contribution is -2.08. The van der Waals surface area contributed by atoms with Gasteiger partial charge in [-0.3, -0.25) is 0 Å². The van der Waals surface area contributed by atoms with Gasteiger partial charge in [-0.2, -0.15) is 0 Å². The van der Waals surface area contributed by atoms with Crippen molar-refractivity contribution in [2.45, 2.75) is 26.0 Å². The molecule has 1 heterocycles. The average Bonchev–Trinajstić information content (AvgIpc) is 2.72. The van der Waals surface area contributed by atoms with Gasteiger partial charge in [-0.05, 0) is 13.3 Å². The van der Waals surface area contributed by atoms with Crippen molar-refractivity contribution >= 4 is 0 Å². The summed E-state index contributed by atoms with van der Waals surface area (Å²) < 4.78 is 11.9. The Bertz CT molecular complexity index is 289. The Morgan fingerprint density at radius 3 is 2.88 bits per heavy atom. The van der Waals surface area contributed by atoms with E-state index in [9.17, 15) is 5.11 Å². The van der Waals surface area contributed by atoms with Crippen LogP contribution in [0.15, 0.2) is 6.20 Å². The Morgan fingerprint density at radius 1 is 1.44 bits per heavy atom. The lowest BCUT2D eigenvalue weighted by atomic mass is 10.3. The Kier molecular flexibility index (Phi) is 5.99. The molecule has 1 aromatic heterocycles. The van der Waals surface area contributed by atoms with E-state index in [0.29, 0.717) is 25.5 Å². The number of methoxy groups -OCH3 is 1. The van der Waals surface area contributed by atoms with Gasteiger partial charge in [-0.25, -0.2) is 4.68 Å². The van der Waals surface area contributed by atoms with Crippen LogP contribution in [0.4, 0.5) is 0 Å². The SMILES string of the molecule is COCCCOCCn1cc(C(C)O)nn1. The summed E-state index contributed by atoms with van der Waals surface area (Å²) in [7, 11) is 1.67. The summed E-state index contributed by atoms with van der Waals surface area (Å²) in [5, 5.41) is 16.9. The molecule has 0 radical (unpaired) electrons. The molecule has 0 spiro atoms. The summed E-state index contributed by atoms with van der Waals surface area (Å²) in [6.45, 7) is 4.30. The monoisotopic (exact) mass is 229 g/mol. The van der Waals surface area contributed by atoms with Gasteiger partial charge in [0.25, 0.3) is 0 Å². The van der Waals surface area contributed by atoms with E-state index in [0.717, 1.165) is 13.0 Å². The molecule has 1 unspecified atom stereocenters. The van der Waals surface area contributed by atoms with E-state index in [4.69, 9.17) is 9.47 Å². The third-order valence-electron chi connectivity index (χ3n) is 2.09. The van der Waals surface area contributed by atoms with Crippen molar-refractivity contribution in [3.05, 3.63) is 11.9 Å². The first kappa shape index (κ1) is 13.1. The lowest BCUT2D eigenvalue weighted by Gasteiger charge is -2.03. The molecule has 92 valence electrons. The number of hydrogen-bond acceptors (Lipinski definition) is 5. The fraction of sp³-hybridized carbons (Fsp3) is 0.800. The summed E-state index contributed by atoms with van der Waals surface area (Å²) in [6, 6.07) is 0. The van der Waals surface area contributed by atoms with E-state index in [1.54, 1.807) is 24.9 Å². The van der Waals surface area contributed by atoms with Crippen molar-refractivity contribution in [3.8, 4) is 0 Å². The van der Waals surface area contributed by atoms with Crippen LogP contribution in [-0.4, -0.2) is 47.0 Å². The molecule has 0 bridgehead atoms. The zero-order chi connectivity index (χ0) is 11.8. The van der Waals surface area contributed by atoms with Crippen LogP contribution in [0.1, 0.15) is 25.1 Å². The summed E-state index contributed by atoms with van der Waals surface area (Å²) >= 11 is 0. The van der Waals surface area contributed by atoms with Gasteiger partial charge in [0, 0.05) is 20.3 Å². The van der Waals surface area contributed by atoms with Gasteiger partial charge in [0.2, 0.25) is 0 Å². The van der Waals surface area contributed by atoms with Gasteiger partial charge < -0.3 is 14.6 Å². The number of hydrogen-bond donors (Lipinski definition) is 1. The van der Waals surface area contributed by atoms with Gasteiger partial charge in [-0.1, -0.05) is 5.21 Å². The first-order chi connectivity index (χ1) is 7.74. The van der Waals surface area contributed by atoms with Gasteiger partial charge in [0.05, 0.1) is 25.5 Å². The molecule has 16 heavy (non-hydrogen) atoms. The molecular weight excluding hydrogens is 210 g/mol. The van der Waals surface area contributed by atoms with Crippen LogP contribution >= 0.6 is 0 Å². The normalized spacial score (nSPS) is 12.9. The number of rotatable bonds is 8. The minimum absolute atomic E-state index is 0.573. The Balaban J connectivity index is 2.12. The fourth-order valence-corrected chi connectivity index (χ4v) is 1.18. The standard InChI is InChI=1S/C10H19N3O3/c1-9(14)10-8-13(12-11-10)4-7-16-6-3-5-15-2/h8-9,14H,3-7H2,1-2H3. The molecular formula is C10H19N3O3. The molecule has 6 heteroatoms. The molecule has 1 rings (SSSR count). The first-order valence-corrected chi connectivity index (χ1v) is 5.39. The second-order valence-electron chi connectivity index (χ2n) is 3.54. The van der Waals surface area contributed by atoms with Crippen molar-refractivity contribution in [1.82, 2.24) is 15.0 Å². The van der Waals surface area contributed by atoms with Crippen LogP contribution in [0.3, 0.4) is 0 Å². The number of aromatic nitrogens is 3. The third kappa shape index (κ3) is 4.69. The number of aliphatic hydroxyl groups is 1. The van der Waals surface area contributed by atoms with E-state index < -0.39 is 6.10 Å². The number of ether oxygens (including phenoxy) is 2. The van der Waals surface area contributed by atoms with Crippen LogP contribution in [0.25, 0.3) is 0 Å².